The first-order valence-electron chi connectivity index (χ1n) is 6.79. The Morgan fingerprint density at radius 2 is 1.96 bits per heavy atom. The number of hydrogen-bond donors (Lipinski definition) is 0. The molecule has 3 rings (SSSR count). The molecular formula is C16H11Cl2NO3S. The van der Waals surface area contributed by atoms with Gasteiger partial charge in [0, 0.05) is 11.6 Å². The SMILES string of the molecule is O=C(CCn1c(=O)sc2ccccc21)Oc1ccc(Cl)cc1Cl. The van der Waals surface area contributed by atoms with Crippen LogP contribution in [0.3, 0.4) is 0 Å². The predicted octanol–water partition coefficient (Wildman–Crippen LogP) is 4.37. The Balaban J connectivity index is 1.71. The maximum absolute atomic E-state index is 12.0. The molecular weight excluding hydrogens is 357 g/mol. The van der Waals surface area contributed by atoms with Crippen LogP contribution in [0, 0.1) is 0 Å². The summed E-state index contributed by atoms with van der Waals surface area (Å²) in [6.45, 7) is 0.257. The third kappa shape index (κ3) is 3.58. The molecule has 0 amide bonds. The number of nitrogens with zero attached hydrogens (tertiary/aromatic N) is 1. The third-order valence-electron chi connectivity index (χ3n) is 3.23. The zero-order valence-corrected chi connectivity index (χ0v) is 14.1. The van der Waals surface area contributed by atoms with Gasteiger partial charge in [-0.25, -0.2) is 0 Å². The lowest BCUT2D eigenvalue weighted by Crippen LogP contribution is -2.18. The van der Waals surface area contributed by atoms with Crippen molar-refractivity contribution in [3.8, 4) is 5.75 Å². The van der Waals surface area contributed by atoms with E-state index in [1.807, 2.05) is 24.3 Å². The number of esters is 1. The second-order valence-electron chi connectivity index (χ2n) is 4.79. The molecule has 0 atom stereocenters. The molecule has 0 N–H and O–H groups in total. The van der Waals surface area contributed by atoms with E-state index in [-0.39, 0.29) is 28.6 Å². The molecule has 0 saturated carbocycles. The maximum Gasteiger partial charge on any atom is 0.313 e. The van der Waals surface area contributed by atoms with Crippen LogP contribution in [-0.4, -0.2) is 10.5 Å². The number of halogens is 2. The number of rotatable bonds is 4. The van der Waals surface area contributed by atoms with Gasteiger partial charge in [-0.3, -0.25) is 14.2 Å². The van der Waals surface area contributed by atoms with Crippen molar-refractivity contribution in [3.63, 3.8) is 0 Å². The fourth-order valence-electron chi connectivity index (χ4n) is 2.16. The fraction of sp³-hybridized carbons (Fsp3) is 0.125. The van der Waals surface area contributed by atoms with Crippen molar-refractivity contribution in [1.82, 2.24) is 4.57 Å². The van der Waals surface area contributed by atoms with E-state index in [1.54, 1.807) is 10.6 Å². The average molecular weight is 368 g/mol. The molecule has 7 heteroatoms. The number of benzene rings is 2. The molecule has 0 aliphatic rings. The number of carbonyl (C=O) groups excluding carboxylic acids is 1. The number of aryl methyl sites for hydroxylation is 1. The van der Waals surface area contributed by atoms with Gasteiger partial charge in [0.05, 0.1) is 21.7 Å². The van der Waals surface area contributed by atoms with E-state index in [1.165, 1.54) is 12.1 Å². The first kappa shape index (κ1) is 16.1. The van der Waals surface area contributed by atoms with Crippen molar-refractivity contribution in [2.45, 2.75) is 13.0 Å². The molecule has 2 aromatic carbocycles. The standard InChI is InChI=1S/C16H11Cl2NO3S/c17-10-5-6-13(11(18)9-10)22-15(20)7-8-19-12-3-1-2-4-14(12)23-16(19)21/h1-6,9H,7-8H2. The fourth-order valence-corrected chi connectivity index (χ4v) is 3.52. The summed E-state index contributed by atoms with van der Waals surface area (Å²) >= 11 is 12.9. The van der Waals surface area contributed by atoms with E-state index in [4.69, 9.17) is 27.9 Å². The van der Waals surface area contributed by atoms with Gasteiger partial charge in [0.15, 0.2) is 0 Å². The molecule has 0 aliphatic heterocycles. The molecule has 0 bridgehead atoms. The van der Waals surface area contributed by atoms with Crippen LogP contribution in [0.1, 0.15) is 6.42 Å². The summed E-state index contributed by atoms with van der Waals surface area (Å²) in [5, 5.41) is 0.732. The topological polar surface area (TPSA) is 48.3 Å². The van der Waals surface area contributed by atoms with Gasteiger partial charge in [-0.15, -0.1) is 0 Å². The van der Waals surface area contributed by atoms with Crippen LogP contribution >= 0.6 is 34.5 Å². The van der Waals surface area contributed by atoms with Gasteiger partial charge < -0.3 is 4.74 Å². The van der Waals surface area contributed by atoms with Gasteiger partial charge in [0.25, 0.3) is 0 Å². The van der Waals surface area contributed by atoms with Gasteiger partial charge in [-0.1, -0.05) is 46.7 Å². The van der Waals surface area contributed by atoms with Crippen molar-refractivity contribution in [3.05, 3.63) is 62.2 Å². The van der Waals surface area contributed by atoms with Gasteiger partial charge >= 0.3 is 10.8 Å². The summed E-state index contributed by atoms with van der Waals surface area (Å²) in [5.74, 6) is -0.208. The molecule has 0 aliphatic carbocycles. The van der Waals surface area contributed by atoms with Crippen LogP contribution in [0.4, 0.5) is 0 Å². The summed E-state index contributed by atoms with van der Waals surface area (Å²) in [7, 11) is 0. The molecule has 1 heterocycles. The van der Waals surface area contributed by atoms with Crippen LogP contribution < -0.4 is 9.61 Å². The number of thiazole rings is 1. The Morgan fingerprint density at radius 1 is 1.17 bits per heavy atom. The minimum absolute atomic E-state index is 0.0690. The summed E-state index contributed by atoms with van der Waals surface area (Å²) in [6, 6.07) is 12.1. The van der Waals surface area contributed by atoms with Crippen LogP contribution in [0.15, 0.2) is 47.3 Å². The lowest BCUT2D eigenvalue weighted by atomic mass is 10.3. The quantitative estimate of drug-likeness (QED) is 0.508. The monoisotopic (exact) mass is 367 g/mol. The lowest BCUT2D eigenvalue weighted by Gasteiger charge is -2.07. The largest absolute Gasteiger partial charge is 0.425 e. The normalized spacial score (nSPS) is 10.9. The zero-order valence-electron chi connectivity index (χ0n) is 11.8. The molecule has 23 heavy (non-hydrogen) atoms. The first-order chi connectivity index (χ1) is 11.0. The molecule has 0 saturated heterocycles. The van der Waals surface area contributed by atoms with Crippen molar-refractivity contribution in [2.24, 2.45) is 0 Å². The summed E-state index contributed by atoms with van der Waals surface area (Å²) in [5.41, 5.74) is 0.819. The van der Waals surface area contributed by atoms with E-state index in [0.29, 0.717) is 5.02 Å². The Morgan fingerprint density at radius 3 is 2.74 bits per heavy atom. The number of ether oxygens (including phenoxy) is 1. The molecule has 0 spiro atoms. The Kier molecular flexibility index (Phi) is 4.71. The van der Waals surface area contributed by atoms with Crippen LogP contribution in [-0.2, 0) is 11.3 Å². The highest BCUT2D eigenvalue weighted by atomic mass is 35.5. The summed E-state index contributed by atoms with van der Waals surface area (Å²) < 4.78 is 7.68. The minimum Gasteiger partial charge on any atom is -0.425 e. The predicted molar refractivity (Wildman–Crippen MR) is 92.8 cm³/mol. The van der Waals surface area contributed by atoms with E-state index in [9.17, 15) is 9.59 Å². The highest BCUT2D eigenvalue weighted by molar-refractivity contribution is 7.16. The number of aromatic nitrogens is 1. The van der Waals surface area contributed by atoms with Crippen LogP contribution in [0.2, 0.25) is 10.0 Å². The first-order valence-corrected chi connectivity index (χ1v) is 8.36. The minimum atomic E-state index is -0.462. The highest BCUT2D eigenvalue weighted by Gasteiger charge is 2.12. The molecule has 0 unspecified atom stereocenters. The summed E-state index contributed by atoms with van der Waals surface area (Å²) in [4.78, 5) is 23.9. The van der Waals surface area contributed by atoms with Gasteiger partial charge in [0.2, 0.25) is 0 Å². The number of hydrogen-bond acceptors (Lipinski definition) is 4. The van der Waals surface area contributed by atoms with Gasteiger partial charge in [-0.2, -0.15) is 0 Å². The highest BCUT2D eigenvalue weighted by Crippen LogP contribution is 2.27. The van der Waals surface area contributed by atoms with Gasteiger partial charge in [-0.05, 0) is 30.3 Å². The second-order valence-corrected chi connectivity index (χ2v) is 6.62. The van der Waals surface area contributed by atoms with Crippen molar-refractivity contribution < 1.29 is 9.53 Å². The smallest absolute Gasteiger partial charge is 0.313 e. The Bertz CT molecular complexity index is 932. The molecule has 3 aromatic rings. The third-order valence-corrected chi connectivity index (χ3v) is 4.72. The molecule has 1 aromatic heterocycles. The number of carbonyl (C=O) groups is 1. The molecule has 0 fully saturated rings. The molecule has 0 radical (unpaired) electrons. The Labute approximate surface area is 145 Å². The van der Waals surface area contributed by atoms with Crippen molar-refractivity contribution in [1.29, 1.82) is 0 Å². The zero-order chi connectivity index (χ0) is 16.4. The van der Waals surface area contributed by atoms with Crippen LogP contribution in [0.25, 0.3) is 10.2 Å². The molecule has 118 valence electrons. The van der Waals surface area contributed by atoms with E-state index < -0.39 is 5.97 Å². The van der Waals surface area contributed by atoms with Crippen molar-refractivity contribution >= 4 is 50.7 Å². The lowest BCUT2D eigenvalue weighted by molar-refractivity contribution is -0.134. The van der Waals surface area contributed by atoms with Crippen molar-refractivity contribution in [2.75, 3.05) is 0 Å². The summed E-state index contributed by atoms with van der Waals surface area (Å²) in [6.07, 6.45) is 0.0690. The molecule has 4 nitrogen and oxygen atoms in total. The van der Waals surface area contributed by atoms with E-state index in [2.05, 4.69) is 0 Å². The average Bonchev–Trinajstić information content (AvgIpc) is 2.83. The Hall–Kier alpha value is -1.82. The van der Waals surface area contributed by atoms with Crippen LogP contribution in [0.5, 0.6) is 5.75 Å². The number of para-hydroxylation sites is 1. The van der Waals surface area contributed by atoms with E-state index >= 15 is 0 Å². The van der Waals surface area contributed by atoms with E-state index in [0.717, 1.165) is 21.6 Å². The maximum atomic E-state index is 12.0. The number of fused-ring (bicyclic) bond motifs is 1. The second kappa shape index (κ2) is 6.74. The van der Waals surface area contributed by atoms with Gasteiger partial charge in [0.1, 0.15) is 5.75 Å².